The van der Waals surface area contributed by atoms with Crippen LogP contribution in [0, 0.1) is 0 Å². The third-order valence-corrected chi connectivity index (χ3v) is 2.60. The fourth-order valence-corrected chi connectivity index (χ4v) is 1.75. The minimum Gasteiger partial charge on any atom is -0.454 e. The van der Waals surface area contributed by atoms with Gasteiger partial charge in [0.25, 0.3) is 0 Å². The molecule has 0 saturated carbocycles. The van der Waals surface area contributed by atoms with Crippen molar-refractivity contribution in [2.75, 3.05) is 0 Å². The summed E-state index contributed by atoms with van der Waals surface area (Å²) in [6, 6.07) is 5.01. The lowest BCUT2D eigenvalue weighted by Crippen LogP contribution is -2.01. The molecule has 2 heterocycles. The summed E-state index contributed by atoms with van der Waals surface area (Å²) in [5.41, 5.74) is 0.379. The van der Waals surface area contributed by atoms with E-state index in [1.165, 1.54) is 6.26 Å². The molecule has 2 aromatic rings. The summed E-state index contributed by atoms with van der Waals surface area (Å²) in [5, 5.41) is 0.116. The van der Waals surface area contributed by atoms with Gasteiger partial charge in [-0.15, -0.1) is 0 Å². The Hall–Kier alpha value is -1.00. The smallest absolute Gasteiger partial charge is 0.203 e. The Morgan fingerprint density at radius 3 is 2.73 bits per heavy atom. The van der Waals surface area contributed by atoms with Crippen LogP contribution in [0.3, 0.4) is 0 Å². The molecule has 2 aromatic heterocycles. The molecule has 0 aromatic carbocycles. The Morgan fingerprint density at radius 2 is 2.20 bits per heavy atom. The van der Waals surface area contributed by atoms with Crippen molar-refractivity contribution in [3.8, 4) is 0 Å². The van der Waals surface area contributed by atoms with E-state index in [-0.39, 0.29) is 17.4 Å². The normalized spacial score (nSPS) is 10.5. The molecule has 3 nitrogen and oxygen atoms in total. The van der Waals surface area contributed by atoms with Crippen molar-refractivity contribution in [2.24, 2.45) is 0 Å². The molecule has 0 saturated heterocycles. The first kappa shape index (κ1) is 10.5. The van der Waals surface area contributed by atoms with E-state index in [1.54, 1.807) is 18.2 Å². The number of ketones is 1. The van der Waals surface area contributed by atoms with E-state index in [2.05, 4.69) is 15.9 Å². The maximum atomic E-state index is 11.7. The molecule has 78 valence electrons. The van der Waals surface area contributed by atoms with Crippen molar-refractivity contribution >= 4 is 33.3 Å². The number of carbonyl (C=O) groups is 1. The summed E-state index contributed by atoms with van der Waals surface area (Å²) in [7, 11) is 0. The zero-order valence-electron chi connectivity index (χ0n) is 7.50. The topological polar surface area (TPSA) is 43.4 Å². The highest BCUT2D eigenvalue weighted by molar-refractivity contribution is 9.10. The fourth-order valence-electron chi connectivity index (χ4n) is 1.19. The van der Waals surface area contributed by atoms with Crippen molar-refractivity contribution in [1.29, 1.82) is 0 Å². The molecule has 0 radical (unpaired) electrons. The van der Waals surface area contributed by atoms with Gasteiger partial charge in [-0.1, -0.05) is 0 Å². The molecule has 0 fully saturated rings. The first-order valence-electron chi connectivity index (χ1n) is 4.17. The summed E-state index contributed by atoms with van der Waals surface area (Å²) in [4.78, 5) is 11.7. The highest BCUT2D eigenvalue weighted by Gasteiger charge is 2.15. The van der Waals surface area contributed by atoms with Crippen LogP contribution < -0.4 is 0 Å². The van der Waals surface area contributed by atoms with Crippen LogP contribution in [-0.2, 0) is 6.42 Å². The quantitative estimate of drug-likeness (QED) is 0.809. The van der Waals surface area contributed by atoms with E-state index >= 15 is 0 Å². The van der Waals surface area contributed by atoms with Gasteiger partial charge in [0.05, 0.1) is 18.2 Å². The predicted octanol–water partition coefficient (Wildman–Crippen LogP) is 3.71. The lowest BCUT2D eigenvalue weighted by Gasteiger charge is -1.94. The van der Waals surface area contributed by atoms with Gasteiger partial charge in [0, 0.05) is 0 Å². The lowest BCUT2D eigenvalue weighted by molar-refractivity contribution is 0.0986. The van der Waals surface area contributed by atoms with Crippen LogP contribution in [0.4, 0.5) is 0 Å². The number of rotatable bonds is 3. The SMILES string of the molecule is O=C(Cc1ccc(Br)o1)c1ccoc1Cl. The summed E-state index contributed by atoms with van der Waals surface area (Å²) in [5.74, 6) is 0.458. The van der Waals surface area contributed by atoms with Gasteiger partial charge in [-0.25, -0.2) is 0 Å². The van der Waals surface area contributed by atoms with Gasteiger partial charge in [0.1, 0.15) is 5.76 Å². The number of hydrogen-bond acceptors (Lipinski definition) is 3. The van der Waals surface area contributed by atoms with E-state index < -0.39 is 0 Å². The monoisotopic (exact) mass is 288 g/mol. The Balaban J connectivity index is 2.14. The average Bonchev–Trinajstić information content (AvgIpc) is 2.75. The molecular formula is C10H6BrClO3. The number of hydrogen-bond donors (Lipinski definition) is 0. The molecule has 0 aliphatic heterocycles. The Bertz CT molecular complexity index is 486. The van der Waals surface area contributed by atoms with Gasteiger partial charge in [0.15, 0.2) is 10.5 Å². The molecule has 0 unspecified atom stereocenters. The lowest BCUT2D eigenvalue weighted by atomic mass is 10.1. The Morgan fingerprint density at radius 1 is 1.40 bits per heavy atom. The van der Waals surface area contributed by atoms with Gasteiger partial charge in [-0.2, -0.15) is 0 Å². The van der Waals surface area contributed by atoms with Crippen LogP contribution in [0.5, 0.6) is 0 Å². The molecule has 0 N–H and O–H groups in total. The number of furan rings is 2. The van der Waals surface area contributed by atoms with E-state index in [0.29, 0.717) is 16.0 Å². The zero-order valence-corrected chi connectivity index (χ0v) is 9.84. The molecule has 0 aliphatic carbocycles. The maximum absolute atomic E-state index is 11.7. The maximum Gasteiger partial charge on any atom is 0.203 e. The fraction of sp³-hybridized carbons (Fsp3) is 0.100. The van der Waals surface area contributed by atoms with Crippen molar-refractivity contribution in [3.63, 3.8) is 0 Å². The van der Waals surface area contributed by atoms with Crippen molar-refractivity contribution < 1.29 is 13.6 Å². The summed E-state index contributed by atoms with van der Waals surface area (Å²) in [6.45, 7) is 0. The van der Waals surface area contributed by atoms with E-state index in [0.717, 1.165) is 0 Å². The van der Waals surface area contributed by atoms with E-state index in [1.807, 2.05) is 0 Å². The molecule has 0 aliphatic rings. The van der Waals surface area contributed by atoms with Crippen LogP contribution in [0.25, 0.3) is 0 Å². The average molecular weight is 290 g/mol. The first-order valence-corrected chi connectivity index (χ1v) is 5.34. The van der Waals surface area contributed by atoms with Gasteiger partial charge in [-0.05, 0) is 45.7 Å². The van der Waals surface area contributed by atoms with Crippen molar-refractivity contribution in [2.45, 2.75) is 6.42 Å². The molecule has 0 bridgehead atoms. The molecule has 0 spiro atoms. The summed E-state index contributed by atoms with van der Waals surface area (Å²) < 4.78 is 10.6. The minimum atomic E-state index is -0.129. The second-order valence-corrected chi connectivity index (χ2v) is 4.04. The number of carbonyl (C=O) groups excluding carboxylic acids is 1. The Kier molecular flexibility index (Phi) is 2.98. The van der Waals surface area contributed by atoms with Crippen LogP contribution in [0.15, 0.2) is 38.0 Å². The minimum absolute atomic E-state index is 0.116. The van der Waals surface area contributed by atoms with Crippen LogP contribution >= 0.6 is 27.5 Å². The standard InChI is InChI=1S/C10H6BrClO3/c11-9-2-1-6(15-9)5-8(13)7-3-4-14-10(7)12/h1-4H,5H2. The van der Waals surface area contributed by atoms with Crippen LogP contribution in [0.1, 0.15) is 16.1 Å². The zero-order chi connectivity index (χ0) is 10.8. The summed E-state index contributed by atoms with van der Waals surface area (Å²) >= 11 is 8.84. The molecule has 2 rings (SSSR count). The predicted molar refractivity (Wildman–Crippen MR) is 58.2 cm³/mol. The van der Waals surface area contributed by atoms with Gasteiger partial charge in [0.2, 0.25) is 5.22 Å². The van der Waals surface area contributed by atoms with Crippen LogP contribution in [-0.4, -0.2) is 5.78 Å². The number of halogens is 2. The van der Waals surface area contributed by atoms with Gasteiger partial charge in [-0.3, -0.25) is 4.79 Å². The molecule has 15 heavy (non-hydrogen) atoms. The Labute approximate surface area is 99.1 Å². The second kappa shape index (κ2) is 4.24. The van der Waals surface area contributed by atoms with E-state index in [4.69, 9.17) is 20.4 Å². The third kappa shape index (κ3) is 2.33. The summed E-state index contributed by atoms with van der Waals surface area (Å²) in [6.07, 6.45) is 1.55. The molecular weight excluding hydrogens is 283 g/mol. The highest BCUT2D eigenvalue weighted by atomic mass is 79.9. The second-order valence-electron chi connectivity index (χ2n) is 2.91. The number of Topliss-reactive ketones (excluding diaryl/α,β-unsaturated/α-hetero) is 1. The largest absolute Gasteiger partial charge is 0.454 e. The highest BCUT2D eigenvalue weighted by Crippen LogP contribution is 2.20. The molecule has 5 heteroatoms. The van der Waals surface area contributed by atoms with Gasteiger partial charge >= 0.3 is 0 Å². The molecule has 0 atom stereocenters. The van der Waals surface area contributed by atoms with Gasteiger partial charge < -0.3 is 8.83 Å². The first-order chi connectivity index (χ1) is 7.16. The third-order valence-electron chi connectivity index (χ3n) is 1.88. The molecule has 0 amide bonds. The van der Waals surface area contributed by atoms with Crippen molar-refractivity contribution in [1.82, 2.24) is 0 Å². The van der Waals surface area contributed by atoms with E-state index in [9.17, 15) is 4.79 Å². The van der Waals surface area contributed by atoms with Crippen LogP contribution in [0.2, 0.25) is 5.22 Å². The van der Waals surface area contributed by atoms with Crippen molar-refractivity contribution in [3.05, 3.63) is 45.7 Å².